The summed E-state index contributed by atoms with van der Waals surface area (Å²) in [6.45, 7) is 3.72. The van der Waals surface area contributed by atoms with Crippen molar-refractivity contribution in [2.24, 2.45) is 17.8 Å². The molecule has 6 heteroatoms. The summed E-state index contributed by atoms with van der Waals surface area (Å²) in [6, 6.07) is 15.9. The second-order valence-electron chi connectivity index (χ2n) is 9.91. The number of aliphatic hydroxyl groups excluding tert-OH is 2. The van der Waals surface area contributed by atoms with Gasteiger partial charge in [-0.15, -0.1) is 0 Å². The van der Waals surface area contributed by atoms with Crippen molar-refractivity contribution in [2.45, 2.75) is 52.1 Å². The molecule has 4 rings (SSSR count). The molecule has 2 amide bonds. The lowest BCUT2D eigenvalue weighted by atomic mass is 9.68. The summed E-state index contributed by atoms with van der Waals surface area (Å²) in [5.74, 6) is -2.08. The van der Waals surface area contributed by atoms with E-state index in [0.29, 0.717) is 30.5 Å². The first kappa shape index (κ1) is 25.9. The normalized spacial score (nSPS) is 23.3. The summed E-state index contributed by atoms with van der Waals surface area (Å²) >= 11 is 0. The number of carbonyl (C=O) groups is 2. The zero-order valence-electron chi connectivity index (χ0n) is 20.9. The standard InChI is InChI=1S/C30H35NO5/c1-3-7-20(17-21-10-13-23(33)14-11-21)12-15-26(34)27-19(2)16-24-28(25(27)18-32)30(36)31(29(24)35)22-8-5-4-6-9-22/h4-6,8-11,13-14,17,24-26,28,32-34H,3,7,12,15-16,18H2,1-2H3/b20-17+/t24-,25+,26-,28-/m1/s1. The minimum Gasteiger partial charge on any atom is -0.508 e. The Morgan fingerprint density at radius 1 is 1.06 bits per heavy atom. The Labute approximate surface area is 212 Å². The fourth-order valence-corrected chi connectivity index (χ4v) is 5.82. The molecule has 3 N–H and O–H groups in total. The van der Waals surface area contributed by atoms with Gasteiger partial charge >= 0.3 is 0 Å². The van der Waals surface area contributed by atoms with Crippen molar-refractivity contribution in [3.63, 3.8) is 0 Å². The number of hydrogen-bond acceptors (Lipinski definition) is 5. The molecular formula is C30H35NO5. The molecule has 0 bridgehead atoms. The van der Waals surface area contributed by atoms with Gasteiger partial charge in [-0.1, -0.05) is 60.9 Å². The number of para-hydroxylation sites is 1. The number of carbonyl (C=O) groups excluding carboxylic acids is 2. The molecule has 1 aliphatic carbocycles. The maximum Gasteiger partial charge on any atom is 0.238 e. The molecule has 1 fully saturated rings. The number of phenolic OH excluding ortho intramolecular Hbond substituents is 1. The lowest BCUT2D eigenvalue weighted by Crippen LogP contribution is -2.38. The van der Waals surface area contributed by atoms with E-state index in [1.54, 1.807) is 36.4 Å². The lowest BCUT2D eigenvalue weighted by Gasteiger charge is -2.35. The summed E-state index contributed by atoms with van der Waals surface area (Å²) in [5, 5.41) is 31.2. The molecule has 1 aliphatic heterocycles. The number of allylic oxidation sites excluding steroid dienone is 2. The van der Waals surface area contributed by atoms with Crippen LogP contribution in [0.1, 0.15) is 51.5 Å². The third kappa shape index (κ3) is 5.15. The van der Waals surface area contributed by atoms with Crippen molar-refractivity contribution in [3.05, 3.63) is 76.9 Å². The first-order valence-corrected chi connectivity index (χ1v) is 12.8. The van der Waals surface area contributed by atoms with Gasteiger partial charge in [-0.05, 0) is 68.0 Å². The predicted octanol–water partition coefficient (Wildman–Crippen LogP) is 4.85. The number of nitrogens with zero attached hydrogens (tertiary/aromatic N) is 1. The number of hydrogen-bond donors (Lipinski definition) is 3. The van der Waals surface area contributed by atoms with Gasteiger partial charge in [-0.2, -0.15) is 0 Å². The van der Waals surface area contributed by atoms with Gasteiger partial charge in [0.25, 0.3) is 0 Å². The van der Waals surface area contributed by atoms with E-state index < -0.39 is 23.9 Å². The van der Waals surface area contributed by atoms with E-state index in [4.69, 9.17) is 0 Å². The molecule has 2 aliphatic rings. The van der Waals surface area contributed by atoms with E-state index >= 15 is 0 Å². The smallest absolute Gasteiger partial charge is 0.238 e. The highest BCUT2D eigenvalue weighted by atomic mass is 16.3. The van der Waals surface area contributed by atoms with Gasteiger partial charge in [-0.25, -0.2) is 0 Å². The highest BCUT2D eigenvalue weighted by Gasteiger charge is 2.54. The second-order valence-corrected chi connectivity index (χ2v) is 9.91. The average molecular weight is 490 g/mol. The van der Waals surface area contributed by atoms with Crippen LogP contribution in [-0.2, 0) is 9.59 Å². The molecule has 0 radical (unpaired) electrons. The molecule has 190 valence electrons. The molecule has 0 spiro atoms. The first-order chi connectivity index (χ1) is 17.3. The number of fused-ring (bicyclic) bond motifs is 1. The number of aliphatic hydroxyl groups is 2. The van der Waals surface area contributed by atoms with Crippen LogP contribution in [0.3, 0.4) is 0 Å². The van der Waals surface area contributed by atoms with Crippen molar-refractivity contribution in [1.29, 1.82) is 0 Å². The fourth-order valence-electron chi connectivity index (χ4n) is 5.82. The molecule has 2 aromatic rings. The molecular weight excluding hydrogens is 454 g/mol. The summed E-state index contributed by atoms with van der Waals surface area (Å²) in [4.78, 5) is 27.9. The maximum atomic E-state index is 13.4. The monoisotopic (exact) mass is 489 g/mol. The van der Waals surface area contributed by atoms with E-state index in [2.05, 4.69) is 13.0 Å². The van der Waals surface area contributed by atoms with Crippen LogP contribution in [0.2, 0.25) is 0 Å². The summed E-state index contributed by atoms with van der Waals surface area (Å²) < 4.78 is 0. The van der Waals surface area contributed by atoms with E-state index in [1.165, 1.54) is 10.5 Å². The van der Waals surface area contributed by atoms with Gasteiger partial charge in [0.15, 0.2) is 0 Å². The highest BCUT2D eigenvalue weighted by molar-refractivity contribution is 6.22. The Balaban J connectivity index is 1.54. The molecule has 0 unspecified atom stereocenters. The minimum absolute atomic E-state index is 0.221. The topological polar surface area (TPSA) is 98.1 Å². The van der Waals surface area contributed by atoms with Gasteiger partial charge < -0.3 is 15.3 Å². The van der Waals surface area contributed by atoms with Crippen LogP contribution in [0.4, 0.5) is 5.69 Å². The van der Waals surface area contributed by atoms with E-state index in [-0.39, 0.29) is 24.2 Å². The molecule has 1 saturated heterocycles. The number of benzene rings is 2. The number of rotatable bonds is 9. The van der Waals surface area contributed by atoms with Crippen LogP contribution in [0, 0.1) is 17.8 Å². The quantitative estimate of drug-likeness (QED) is 0.346. The Morgan fingerprint density at radius 3 is 2.39 bits per heavy atom. The fraction of sp³-hybridized carbons (Fsp3) is 0.400. The van der Waals surface area contributed by atoms with Gasteiger partial charge in [0.1, 0.15) is 5.75 Å². The largest absolute Gasteiger partial charge is 0.508 e. The van der Waals surface area contributed by atoms with Crippen molar-refractivity contribution < 1.29 is 24.9 Å². The third-order valence-electron chi connectivity index (χ3n) is 7.47. The van der Waals surface area contributed by atoms with Gasteiger partial charge in [-0.3, -0.25) is 14.5 Å². The number of anilines is 1. The van der Waals surface area contributed by atoms with Crippen LogP contribution in [0.15, 0.2) is 71.3 Å². The third-order valence-corrected chi connectivity index (χ3v) is 7.47. The zero-order chi connectivity index (χ0) is 25.8. The molecule has 6 nitrogen and oxygen atoms in total. The van der Waals surface area contributed by atoms with Crippen molar-refractivity contribution in [2.75, 3.05) is 11.5 Å². The average Bonchev–Trinajstić information content (AvgIpc) is 3.12. The summed E-state index contributed by atoms with van der Waals surface area (Å²) in [7, 11) is 0. The molecule has 4 atom stereocenters. The Kier molecular flexibility index (Phi) is 8.07. The minimum atomic E-state index is -0.808. The SMILES string of the molecule is CCC/C(=C\c1ccc(O)cc1)CC[C@@H](O)C1=C(C)C[C@H]2C(=O)N(c3ccccc3)C(=O)[C@H]2[C@H]1CO. The van der Waals surface area contributed by atoms with E-state index in [1.807, 2.05) is 25.1 Å². The van der Waals surface area contributed by atoms with Gasteiger partial charge in [0.05, 0.1) is 30.2 Å². The second kappa shape index (κ2) is 11.2. The van der Waals surface area contributed by atoms with Crippen LogP contribution in [-0.4, -0.2) is 39.8 Å². The van der Waals surface area contributed by atoms with E-state index in [9.17, 15) is 24.9 Å². The summed E-state index contributed by atoms with van der Waals surface area (Å²) in [6.07, 6.45) is 4.68. The van der Waals surface area contributed by atoms with Crippen molar-refractivity contribution >= 4 is 23.6 Å². The molecule has 0 saturated carbocycles. The molecule has 1 heterocycles. The Hall–Kier alpha value is -3.22. The first-order valence-electron chi connectivity index (χ1n) is 12.8. The highest BCUT2D eigenvalue weighted by Crippen LogP contribution is 2.47. The predicted molar refractivity (Wildman–Crippen MR) is 140 cm³/mol. The maximum absolute atomic E-state index is 13.4. The number of amides is 2. The zero-order valence-corrected chi connectivity index (χ0v) is 20.9. The number of phenols is 1. The van der Waals surface area contributed by atoms with Crippen LogP contribution in [0.25, 0.3) is 6.08 Å². The van der Waals surface area contributed by atoms with Gasteiger partial charge in [0.2, 0.25) is 11.8 Å². The van der Waals surface area contributed by atoms with E-state index in [0.717, 1.165) is 24.0 Å². The number of imide groups is 1. The Morgan fingerprint density at radius 2 is 1.75 bits per heavy atom. The number of aromatic hydroxyl groups is 1. The molecule has 36 heavy (non-hydrogen) atoms. The van der Waals surface area contributed by atoms with Crippen LogP contribution >= 0.6 is 0 Å². The Bertz CT molecular complexity index is 1150. The van der Waals surface area contributed by atoms with Crippen LogP contribution < -0.4 is 4.90 Å². The van der Waals surface area contributed by atoms with Crippen LogP contribution in [0.5, 0.6) is 5.75 Å². The molecule has 2 aromatic carbocycles. The van der Waals surface area contributed by atoms with Gasteiger partial charge in [0, 0.05) is 5.92 Å². The summed E-state index contributed by atoms with van der Waals surface area (Å²) in [5.41, 5.74) is 4.32. The van der Waals surface area contributed by atoms with Crippen molar-refractivity contribution in [3.8, 4) is 5.75 Å². The molecule has 0 aromatic heterocycles. The lowest BCUT2D eigenvalue weighted by molar-refractivity contribution is -0.123. The van der Waals surface area contributed by atoms with Crippen molar-refractivity contribution in [1.82, 2.24) is 0 Å².